The van der Waals surface area contributed by atoms with Crippen molar-refractivity contribution < 1.29 is 5.11 Å². The zero-order chi connectivity index (χ0) is 19.7. The van der Waals surface area contributed by atoms with E-state index in [1.807, 2.05) is 48.5 Å². The number of nitrogens with zero attached hydrogens (tertiary/aromatic N) is 2. The van der Waals surface area contributed by atoms with Gasteiger partial charge in [0.2, 0.25) is 0 Å². The Morgan fingerprint density at radius 2 is 1.64 bits per heavy atom. The molecule has 0 saturated carbocycles. The highest BCUT2D eigenvalue weighted by Crippen LogP contribution is 2.32. The molecular formula is C22H14Br2N2O2. The molecule has 0 aliphatic carbocycles. The molecule has 1 N–H and O–H groups in total. The first-order valence-corrected chi connectivity index (χ1v) is 10.1. The molecule has 0 atom stereocenters. The summed E-state index contributed by atoms with van der Waals surface area (Å²) in [6.07, 6.45) is 3.47. The van der Waals surface area contributed by atoms with Crippen LogP contribution in [0.5, 0.6) is 5.75 Å². The molecule has 4 nitrogen and oxygen atoms in total. The molecule has 6 heteroatoms. The molecule has 0 spiro atoms. The number of rotatable bonds is 3. The number of fused-ring (bicyclic) bond motifs is 1. The number of halogens is 2. The molecule has 4 aromatic rings. The van der Waals surface area contributed by atoms with Crippen LogP contribution < -0.4 is 5.56 Å². The first-order valence-electron chi connectivity index (χ1n) is 8.48. The van der Waals surface area contributed by atoms with Crippen molar-refractivity contribution in [1.29, 1.82) is 0 Å². The molecule has 0 radical (unpaired) electrons. The van der Waals surface area contributed by atoms with E-state index in [0.29, 0.717) is 26.8 Å². The predicted octanol–water partition coefficient (Wildman–Crippen LogP) is 5.79. The minimum atomic E-state index is -0.143. The minimum Gasteiger partial charge on any atom is -0.506 e. The van der Waals surface area contributed by atoms with Crippen LogP contribution in [0.3, 0.4) is 0 Å². The van der Waals surface area contributed by atoms with Crippen LogP contribution in [-0.2, 0) is 0 Å². The quantitative estimate of drug-likeness (QED) is 0.390. The van der Waals surface area contributed by atoms with Gasteiger partial charge in [0.15, 0.2) is 0 Å². The second-order valence-corrected chi connectivity index (χ2v) is 7.89. The summed E-state index contributed by atoms with van der Waals surface area (Å²) in [6, 6.07) is 20.2. The van der Waals surface area contributed by atoms with Crippen molar-refractivity contribution >= 4 is 54.9 Å². The number of aromatic hydroxyl groups is 1. The summed E-state index contributed by atoms with van der Waals surface area (Å²) in [5.74, 6) is 0.597. The van der Waals surface area contributed by atoms with Crippen LogP contribution in [0.15, 0.2) is 80.5 Å². The summed E-state index contributed by atoms with van der Waals surface area (Å²) >= 11 is 6.76. The Hall–Kier alpha value is -2.70. The highest BCUT2D eigenvalue weighted by atomic mass is 79.9. The van der Waals surface area contributed by atoms with Crippen LogP contribution in [0.2, 0.25) is 0 Å². The number of hydrogen-bond donors (Lipinski definition) is 1. The molecular weight excluding hydrogens is 484 g/mol. The van der Waals surface area contributed by atoms with E-state index in [-0.39, 0.29) is 11.3 Å². The molecule has 28 heavy (non-hydrogen) atoms. The maximum atomic E-state index is 13.2. The fourth-order valence-corrected chi connectivity index (χ4v) is 4.22. The Morgan fingerprint density at radius 3 is 2.43 bits per heavy atom. The van der Waals surface area contributed by atoms with Gasteiger partial charge < -0.3 is 5.11 Å². The summed E-state index contributed by atoms with van der Waals surface area (Å²) in [6.45, 7) is 0. The lowest BCUT2D eigenvalue weighted by atomic mass is 10.1. The van der Waals surface area contributed by atoms with Crippen molar-refractivity contribution in [3.05, 3.63) is 97.4 Å². The van der Waals surface area contributed by atoms with Gasteiger partial charge in [-0.15, -0.1) is 0 Å². The van der Waals surface area contributed by atoms with Gasteiger partial charge in [0.05, 0.1) is 21.1 Å². The smallest absolute Gasteiger partial charge is 0.266 e. The standard InChI is InChI=1S/C22H14Br2N2O2/c23-15-12-14(21(27)18(24)13-15)10-11-20-25-19-9-5-4-8-17(19)22(28)26(20)16-6-2-1-3-7-16/h1-13,27H. The first kappa shape index (κ1) is 18.7. The van der Waals surface area contributed by atoms with Crippen molar-refractivity contribution in [2.45, 2.75) is 0 Å². The lowest BCUT2D eigenvalue weighted by Crippen LogP contribution is -2.22. The average Bonchev–Trinajstić information content (AvgIpc) is 2.70. The van der Waals surface area contributed by atoms with E-state index in [4.69, 9.17) is 0 Å². The molecule has 1 aromatic heterocycles. The van der Waals surface area contributed by atoms with E-state index in [1.165, 1.54) is 0 Å². The van der Waals surface area contributed by atoms with Gasteiger partial charge in [-0.1, -0.05) is 46.3 Å². The van der Waals surface area contributed by atoms with Crippen molar-refractivity contribution in [1.82, 2.24) is 9.55 Å². The second kappa shape index (κ2) is 7.73. The van der Waals surface area contributed by atoms with E-state index in [9.17, 15) is 9.90 Å². The number of benzene rings is 3. The van der Waals surface area contributed by atoms with Gasteiger partial charge >= 0.3 is 0 Å². The van der Waals surface area contributed by atoms with Crippen molar-refractivity contribution in [2.75, 3.05) is 0 Å². The Kier molecular flexibility index (Phi) is 5.15. The topological polar surface area (TPSA) is 55.1 Å². The zero-order valence-corrected chi connectivity index (χ0v) is 17.7. The lowest BCUT2D eigenvalue weighted by molar-refractivity contribution is 0.470. The molecule has 0 saturated heterocycles. The molecule has 0 unspecified atom stereocenters. The molecule has 3 aromatic carbocycles. The van der Waals surface area contributed by atoms with Gasteiger partial charge in [0.25, 0.3) is 5.56 Å². The van der Waals surface area contributed by atoms with Crippen LogP contribution in [0.4, 0.5) is 0 Å². The van der Waals surface area contributed by atoms with Gasteiger partial charge in [-0.05, 0) is 64.5 Å². The number of aromatic nitrogens is 2. The number of para-hydroxylation sites is 2. The number of phenolic OH excluding ortho intramolecular Hbond substituents is 1. The monoisotopic (exact) mass is 496 g/mol. The molecule has 4 rings (SSSR count). The average molecular weight is 498 g/mol. The Labute approximate surface area is 178 Å². The fourth-order valence-electron chi connectivity index (χ4n) is 2.97. The third-order valence-corrected chi connectivity index (χ3v) is 5.35. The van der Waals surface area contributed by atoms with Crippen LogP contribution in [0.25, 0.3) is 28.7 Å². The van der Waals surface area contributed by atoms with E-state index in [2.05, 4.69) is 36.8 Å². The summed E-state index contributed by atoms with van der Waals surface area (Å²) in [7, 11) is 0. The molecule has 0 bridgehead atoms. The molecule has 1 heterocycles. The van der Waals surface area contributed by atoms with Crippen LogP contribution in [-0.4, -0.2) is 14.7 Å². The van der Waals surface area contributed by atoms with Crippen LogP contribution in [0, 0.1) is 0 Å². The van der Waals surface area contributed by atoms with Gasteiger partial charge in [-0.3, -0.25) is 9.36 Å². The van der Waals surface area contributed by atoms with Gasteiger partial charge in [0, 0.05) is 10.0 Å². The molecule has 138 valence electrons. The SMILES string of the molecule is O=c1c2ccccc2nc(C=Cc2cc(Br)cc(Br)c2O)n1-c1ccccc1. The van der Waals surface area contributed by atoms with Crippen molar-refractivity contribution in [2.24, 2.45) is 0 Å². The van der Waals surface area contributed by atoms with Crippen LogP contribution in [0.1, 0.15) is 11.4 Å². The minimum absolute atomic E-state index is 0.119. The lowest BCUT2D eigenvalue weighted by Gasteiger charge is -2.11. The van der Waals surface area contributed by atoms with Crippen molar-refractivity contribution in [3.8, 4) is 11.4 Å². The van der Waals surface area contributed by atoms with Gasteiger partial charge in [-0.25, -0.2) is 4.98 Å². The van der Waals surface area contributed by atoms with E-state index in [1.54, 1.807) is 34.9 Å². The fraction of sp³-hybridized carbons (Fsp3) is 0. The molecule has 0 amide bonds. The normalized spacial score (nSPS) is 11.4. The first-order chi connectivity index (χ1) is 13.5. The third-order valence-electron chi connectivity index (χ3n) is 4.29. The van der Waals surface area contributed by atoms with Crippen molar-refractivity contribution in [3.63, 3.8) is 0 Å². The highest BCUT2D eigenvalue weighted by Gasteiger charge is 2.11. The maximum Gasteiger partial charge on any atom is 0.266 e. The number of phenols is 1. The van der Waals surface area contributed by atoms with Crippen LogP contribution >= 0.6 is 31.9 Å². The van der Waals surface area contributed by atoms with E-state index in [0.717, 1.165) is 10.2 Å². The van der Waals surface area contributed by atoms with Gasteiger partial charge in [-0.2, -0.15) is 0 Å². The molecule has 0 aliphatic rings. The molecule has 0 fully saturated rings. The zero-order valence-electron chi connectivity index (χ0n) is 14.5. The summed E-state index contributed by atoms with van der Waals surface area (Å²) in [4.78, 5) is 17.8. The summed E-state index contributed by atoms with van der Waals surface area (Å²) < 4.78 is 2.97. The van der Waals surface area contributed by atoms with E-state index < -0.39 is 0 Å². The maximum absolute atomic E-state index is 13.2. The Balaban J connectivity index is 1.95. The third kappa shape index (κ3) is 3.53. The largest absolute Gasteiger partial charge is 0.506 e. The Bertz CT molecular complexity index is 1270. The Morgan fingerprint density at radius 1 is 0.929 bits per heavy atom. The van der Waals surface area contributed by atoms with E-state index >= 15 is 0 Å². The highest BCUT2D eigenvalue weighted by molar-refractivity contribution is 9.11. The van der Waals surface area contributed by atoms with Gasteiger partial charge in [0.1, 0.15) is 11.6 Å². The molecule has 0 aliphatic heterocycles. The summed E-state index contributed by atoms with van der Waals surface area (Å²) in [5.41, 5.74) is 1.81. The summed E-state index contributed by atoms with van der Waals surface area (Å²) in [5, 5.41) is 10.9. The number of hydrogen-bond acceptors (Lipinski definition) is 3. The second-order valence-electron chi connectivity index (χ2n) is 6.12. The predicted molar refractivity (Wildman–Crippen MR) is 120 cm³/mol.